The molecule has 0 bridgehead atoms. The van der Waals surface area contributed by atoms with Gasteiger partial charge in [-0.15, -0.1) is 0 Å². The van der Waals surface area contributed by atoms with Gasteiger partial charge in [-0.3, -0.25) is 4.79 Å². The Kier molecular flexibility index (Phi) is 6.76. The number of hydrogen-bond acceptors (Lipinski definition) is 5. The molecule has 1 N–H and O–H groups in total. The van der Waals surface area contributed by atoms with Crippen molar-refractivity contribution in [2.45, 2.75) is 64.4 Å². The number of aryl methyl sites for hydroxylation is 2. The van der Waals surface area contributed by atoms with Gasteiger partial charge in [-0.2, -0.15) is 0 Å². The van der Waals surface area contributed by atoms with Gasteiger partial charge in [0.1, 0.15) is 12.4 Å². The molecule has 2 aliphatic rings. The molecule has 6 heteroatoms. The van der Waals surface area contributed by atoms with Gasteiger partial charge < -0.3 is 14.8 Å². The van der Waals surface area contributed by atoms with Crippen LogP contribution >= 0.6 is 0 Å². The molecule has 138 valence electrons. The molecule has 0 radical (unpaired) electrons. The Hall–Kier alpha value is -1.53. The summed E-state index contributed by atoms with van der Waals surface area (Å²) >= 11 is 0. The van der Waals surface area contributed by atoms with Crippen molar-refractivity contribution in [3.05, 3.63) is 22.8 Å². The van der Waals surface area contributed by atoms with Gasteiger partial charge in [-0.05, 0) is 57.4 Å². The molecular formula is C19H29N3O3. The lowest BCUT2D eigenvalue weighted by molar-refractivity contribution is -0.127. The quantitative estimate of drug-likeness (QED) is 0.816. The number of nitrogens with zero attached hydrogens (tertiary/aromatic N) is 2. The summed E-state index contributed by atoms with van der Waals surface area (Å²) in [6.07, 6.45) is 8.73. The number of aromatic nitrogens is 2. The third-order valence-corrected chi connectivity index (χ3v) is 4.92. The SMILES string of the molecule is Cc1nc(CCNC(=O)COC[C@@H]2CCCCO2)nc2c1CCCC2. The molecular weight excluding hydrogens is 318 g/mol. The molecule has 1 aromatic heterocycles. The zero-order chi connectivity index (χ0) is 17.5. The first-order chi connectivity index (χ1) is 12.2. The predicted molar refractivity (Wildman–Crippen MR) is 94.5 cm³/mol. The highest BCUT2D eigenvalue weighted by Crippen LogP contribution is 2.21. The third-order valence-electron chi connectivity index (χ3n) is 4.92. The molecule has 0 spiro atoms. The van der Waals surface area contributed by atoms with Gasteiger partial charge in [0.2, 0.25) is 5.91 Å². The van der Waals surface area contributed by atoms with Crippen molar-refractivity contribution in [1.29, 1.82) is 0 Å². The lowest BCUT2D eigenvalue weighted by atomic mass is 9.95. The minimum absolute atomic E-state index is 0.0872. The standard InChI is InChI=1S/C19H29N3O3/c1-14-16-7-2-3-8-17(16)22-18(21-14)9-10-20-19(23)13-24-12-15-6-4-5-11-25-15/h15H,2-13H2,1H3,(H,20,23)/t15-/m0/s1. The fraction of sp³-hybridized carbons (Fsp3) is 0.737. The van der Waals surface area contributed by atoms with Crippen LogP contribution in [0.15, 0.2) is 0 Å². The van der Waals surface area contributed by atoms with Crippen molar-refractivity contribution in [2.75, 3.05) is 26.4 Å². The van der Waals surface area contributed by atoms with Gasteiger partial charge in [-0.1, -0.05) is 0 Å². The summed E-state index contributed by atoms with van der Waals surface area (Å²) in [6.45, 7) is 4.00. The van der Waals surface area contributed by atoms with Crippen LogP contribution in [-0.4, -0.2) is 48.3 Å². The normalized spacial score (nSPS) is 20.1. The number of amides is 1. The van der Waals surface area contributed by atoms with E-state index < -0.39 is 0 Å². The fourth-order valence-corrected chi connectivity index (χ4v) is 3.54. The van der Waals surface area contributed by atoms with E-state index in [0.717, 1.165) is 43.8 Å². The van der Waals surface area contributed by atoms with Crippen LogP contribution in [-0.2, 0) is 33.5 Å². The van der Waals surface area contributed by atoms with Crippen molar-refractivity contribution in [1.82, 2.24) is 15.3 Å². The molecule has 2 heterocycles. The highest BCUT2D eigenvalue weighted by molar-refractivity contribution is 5.77. The first kappa shape index (κ1) is 18.3. The van der Waals surface area contributed by atoms with E-state index in [2.05, 4.69) is 22.2 Å². The minimum atomic E-state index is -0.0921. The Morgan fingerprint density at radius 3 is 2.96 bits per heavy atom. The van der Waals surface area contributed by atoms with Crippen molar-refractivity contribution < 1.29 is 14.3 Å². The summed E-state index contributed by atoms with van der Waals surface area (Å²) in [4.78, 5) is 21.1. The summed E-state index contributed by atoms with van der Waals surface area (Å²) in [7, 11) is 0. The summed E-state index contributed by atoms with van der Waals surface area (Å²) in [6, 6.07) is 0. The molecule has 6 nitrogen and oxygen atoms in total. The highest BCUT2D eigenvalue weighted by atomic mass is 16.5. The number of carbonyl (C=O) groups excluding carboxylic acids is 1. The molecule has 1 fully saturated rings. The Morgan fingerprint density at radius 1 is 1.24 bits per heavy atom. The lowest BCUT2D eigenvalue weighted by Crippen LogP contribution is -2.32. The first-order valence-corrected chi connectivity index (χ1v) is 9.53. The lowest BCUT2D eigenvalue weighted by Gasteiger charge is -2.22. The molecule has 0 aromatic carbocycles. The molecule has 0 saturated carbocycles. The van der Waals surface area contributed by atoms with Crippen LogP contribution in [0.1, 0.15) is 54.9 Å². The van der Waals surface area contributed by atoms with Crippen molar-refractivity contribution >= 4 is 5.91 Å². The van der Waals surface area contributed by atoms with Crippen LogP contribution in [0.2, 0.25) is 0 Å². The average Bonchev–Trinajstić information content (AvgIpc) is 2.63. The smallest absolute Gasteiger partial charge is 0.246 e. The maximum atomic E-state index is 11.9. The summed E-state index contributed by atoms with van der Waals surface area (Å²) in [5.41, 5.74) is 3.63. The van der Waals surface area contributed by atoms with Gasteiger partial charge >= 0.3 is 0 Å². The van der Waals surface area contributed by atoms with Crippen LogP contribution in [0, 0.1) is 6.92 Å². The number of hydrogen-bond donors (Lipinski definition) is 1. The molecule has 1 aliphatic carbocycles. The second-order valence-corrected chi connectivity index (χ2v) is 6.96. The van der Waals surface area contributed by atoms with E-state index in [9.17, 15) is 4.79 Å². The molecule has 0 unspecified atom stereocenters. The zero-order valence-corrected chi connectivity index (χ0v) is 15.2. The van der Waals surface area contributed by atoms with Gasteiger partial charge in [0, 0.05) is 31.0 Å². The predicted octanol–water partition coefficient (Wildman–Crippen LogP) is 1.91. The van der Waals surface area contributed by atoms with Crippen molar-refractivity contribution in [3.8, 4) is 0 Å². The van der Waals surface area contributed by atoms with E-state index >= 15 is 0 Å². The van der Waals surface area contributed by atoms with Gasteiger partial charge in [-0.25, -0.2) is 9.97 Å². The summed E-state index contributed by atoms with van der Waals surface area (Å²) in [5, 5.41) is 2.88. The first-order valence-electron chi connectivity index (χ1n) is 9.53. The molecule has 3 rings (SSSR count). The van der Waals surface area contributed by atoms with Crippen molar-refractivity contribution in [2.24, 2.45) is 0 Å². The third kappa shape index (κ3) is 5.47. The second kappa shape index (κ2) is 9.25. The number of rotatable bonds is 7. The second-order valence-electron chi connectivity index (χ2n) is 6.96. The highest BCUT2D eigenvalue weighted by Gasteiger charge is 2.16. The van der Waals surface area contributed by atoms with E-state index in [-0.39, 0.29) is 18.6 Å². The van der Waals surface area contributed by atoms with Crippen LogP contribution in [0.5, 0.6) is 0 Å². The van der Waals surface area contributed by atoms with E-state index in [4.69, 9.17) is 9.47 Å². The van der Waals surface area contributed by atoms with E-state index in [0.29, 0.717) is 19.6 Å². The number of nitrogens with one attached hydrogen (secondary N) is 1. The fourth-order valence-electron chi connectivity index (χ4n) is 3.54. The summed E-state index contributed by atoms with van der Waals surface area (Å²) < 4.78 is 11.0. The van der Waals surface area contributed by atoms with E-state index in [1.807, 2.05) is 0 Å². The van der Waals surface area contributed by atoms with Crippen LogP contribution in [0.25, 0.3) is 0 Å². The van der Waals surface area contributed by atoms with Gasteiger partial charge in [0.05, 0.1) is 12.7 Å². The van der Waals surface area contributed by atoms with Gasteiger partial charge in [0.25, 0.3) is 0 Å². The molecule has 1 aliphatic heterocycles. The average molecular weight is 347 g/mol. The van der Waals surface area contributed by atoms with Crippen LogP contribution < -0.4 is 5.32 Å². The number of ether oxygens (including phenoxy) is 2. The Labute approximate surface area is 149 Å². The van der Waals surface area contributed by atoms with Crippen LogP contribution in [0.3, 0.4) is 0 Å². The number of carbonyl (C=O) groups is 1. The topological polar surface area (TPSA) is 73.3 Å². The zero-order valence-electron chi connectivity index (χ0n) is 15.2. The molecule has 1 saturated heterocycles. The Bertz CT molecular complexity index is 586. The summed E-state index contributed by atoms with van der Waals surface area (Å²) in [5.74, 6) is 0.737. The molecule has 1 atom stereocenters. The van der Waals surface area contributed by atoms with E-state index in [1.54, 1.807) is 0 Å². The van der Waals surface area contributed by atoms with E-state index in [1.165, 1.54) is 30.5 Å². The van der Waals surface area contributed by atoms with Gasteiger partial charge in [0.15, 0.2) is 0 Å². The van der Waals surface area contributed by atoms with Crippen LogP contribution in [0.4, 0.5) is 0 Å². The molecule has 1 aromatic rings. The maximum absolute atomic E-state index is 11.9. The Morgan fingerprint density at radius 2 is 2.12 bits per heavy atom. The Balaban J connectivity index is 1.36. The molecule has 1 amide bonds. The maximum Gasteiger partial charge on any atom is 0.246 e. The largest absolute Gasteiger partial charge is 0.376 e. The number of fused-ring (bicyclic) bond motifs is 1. The molecule has 25 heavy (non-hydrogen) atoms. The monoisotopic (exact) mass is 347 g/mol. The van der Waals surface area contributed by atoms with Crippen molar-refractivity contribution in [3.63, 3.8) is 0 Å². The minimum Gasteiger partial charge on any atom is -0.376 e.